The molecular weight excluding hydrogens is 407 g/mol. The predicted molar refractivity (Wildman–Crippen MR) is 38.9 cm³/mol. The molecule has 0 heterocycles. The first kappa shape index (κ1) is 74.6. The van der Waals surface area contributed by atoms with Crippen LogP contribution in [0.1, 0.15) is 0 Å². The van der Waals surface area contributed by atoms with Gasteiger partial charge in [0.05, 0.1) is 0 Å². The van der Waals surface area contributed by atoms with Crippen LogP contribution in [0.15, 0.2) is 0 Å². The summed E-state index contributed by atoms with van der Waals surface area (Å²) in [5, 5.41) is 0. The van der Waals surface area contributed by atoms with Crippen LogP contribution in [-0.4, -0.2) is 26.2 Å². The summed E-state index contributed by atoms with van der Waals surface area (Å²) in [6, 6.07) is 0. The Kier molecular flexibility index (Phi) is 616. The number of hydrogen-bond acceptors (Lipinski definition) is 0. The summed E-state index contributed by atoms with van der Waals surface area (Å²) in [5.41, 5.74) is 0. The number of halogens is 4. The largest absolute Gasteiger partial charge is 0 e. The minimum atomic E-state index is 0. The number of rotatable bonds is 0. The van der Waals surface area contributed by atoms with Crippen LogP contribution in [0.4, 0.5) is 0 Å². The van der Waals surface area contributed by atoms with E-state index in [2.05, 4.69) is 0 Å². The van der Waals surface area contributed by atoms with Gasteiger partial charge >= 0.3 is 26.2 Å². The van der Waals surface area contributed by atoms with Crippen molar-refractivity contribution < 1.29 is 17.1 Å². The molecule has 0 saturated heterocycles. The van der Waals surface area contributed by atoms with Crippen molar-refractivity contribution in [2.45, 2.75) is 0 Å². The Morgan fingerprint density at radius 1 is 0.500 bits per heavy atom. The van der Waals surface area contributed by atoms with Crippen molar-refractivity contribution >= 4 is 75.8 Å². The summed E-state index contributed by atoms with van der Waals surface area (Å²) in [5.74, 6) is 0. The Balaban J connectivity index is 0. The first-order chi connectivity index (χ1) is 0. The normalized spacial score (nSPS) is 0. The zero-order valence-corrected chi connectivity index (χ0v) is 12.6. The van der Waals surface area contributed by atoms with Crippen LogP contribution in [0.3, 0.4) is 0 Å². The molecule has 0 radical (unpaired) electrons. The molecule has 0 fully saturated rings. The Labute approximate surface area is 91.8 Å². The smallest absolute Gasteiger partial charge is 0 e. The second-order valence-electron chi connectivity index (χ2n) is 0. The molecule has 0 N–H and O–H groups in total. The molecule has 0 unspecified atom stereocenters. The molecule has 0 aliphatic heterocycles. The van der Waals surface area contributed by atoms with Crippen LogP contribution >= 0.6 is 49.6 Å². The van der Waals surface area contributed by atoms with Crippen LogP contribution in [-0.2, 0) is 17.1 Å². The van der Waals surface area contributed by atoms with E-state index in [9.17, 15) is 0 Å². The average Bonchev–Trinajstić information content (AvgIpc) is 0. The van der Waals surface area contributed by atoms with Crippen molar-refractivity contribution in [1.82, 2.24) is 0 Å². The Hall–Kier alpha value is 2.56. The molecular formula is H7BiCl4Fe. The van der Waals surface area contributed by atoms with E-state index in [4.69, 9.17) is 0 Å². The Bertz CT molecular complexity index is 7.51. The van der Waals surface area contributed by atoms with E-state index in [1.165, 1.54) is 0 Å². The average molecular weight is 414 g/mol. The molecule has 0 aromatic rings. The van der Waals surface area contributed by atoms with E-state index in [0.29, 0.717) is 0 Å². The molecule has 0 nitrogen and oxygen atoms in total. The second kappa shape index (κ2) is 49.6. The minimum Gasteiger partial charge on any atom is 0 e. The zero-order valence-electron chi connectivity index (χ0n) is 2.69. The van der Waals surface area contributed by atoms with Gasteiger partial charge in [-0.25, -0.2) is 0 Å². The third-order valence-corrected chi connectivity index (χ3v) is 0. The monoisotopic (exact) mass is 412 g/mol. The van der Waals surface area contributed by atoms with Gasteiger partial charge in [0.25, 0.3) is 0 Å². The van der Waals surface area contributed by atoms with Crippen LogP contribution in [0.5, 0.6) is 0 Å². The van der Waals surface area contributed by atoms with Gasteiger partial charge in [0.15, 0.2) is 0 Å². The molecule has 0 spiro atoms. The SMILES string of the molecule is Cl.Cl.Cl.Cl.[BiH3].[Fe]. The van der Waals surface area contributed by atoms with E-state index in [1.54, 1.807) is 0 Å². The van der Waals surface area contributed by atoms with Gasteiger partial charge in [-0.15, -0.1) is 49.6 Å². The third kappa shape index (κ3) is 30.9. The maximum Gasteiger partial charge on any atom is 0 e. The van der Waals surface area contributed by atoms with Gasteiger partial charge in [0.1, 0.15) is 0 Å². The van der Waals surface area contributed by atoms with Gasteiger partial charge in [0.2, 0.25) is 0 Å². The summed E-state index contributed by atoms with van der Waals surface area (Å²) < 4.78 is 0. The standard InChI is InChI=1S/Bi.4ClH.Fe.3H/h;4*1H;;;;. The first-order valence-electron chi connectivity index (χ1n) is 0. The molecule has 6 heavy (non-hydrogen) atoms. The van der Waals surface area contributed by atoms with Gasteiger partial charge in [-0.2, -0.15) is 0 Å². The summed E-state index contributed by atoms with van der Waals surface area (Å²) in [4.78, 5) is 0. The van der Waals surface area contributed by atoms with E-state index in [0.717, 1.165) is 0 Å². The Morgan fingerprint density at radius 3 is 0.500 bits per heavy atom. The Morgan fingerprint density at radius 2 is 0.500 bits per heavy atom. The summed E-state index contributed by atoms with van der Waals surface area (Å²) >= 11 is 0. The van der Waals surface area contributed by atoms with Gasteiger partial charge in [-0.3, -0.25) is 0 Å². The minimum absolute atomic E-state index is 0. The molecule has 0 bridgehead atoms. The summed E-state index contributed by atoms with van der Waals surface area (Å²) in [7, 11) is 0. The predicted octanol–water partition coefficient (Wildman–Crippen LogP) is 0.501. The fraction of sp³-hybridized carbons (Fsp3) is 0. The van der Waals surface area contributed by atoms with Crippen molar-refractivity contribution in [3.05, 3.63) is 0 Å². The molecule has 0 aliphatic carbocycles. The maximum atomic E-state index is 0. The van der Waals surface area contributed by atoms with Gasteiger partial charge in [-0.05, 0) is 0 Å². The number of hydrogen-bond donors (Lipinski definition) is 0. The quantitative estimate of drug-likeness (QED) is 0.508. The van der Waals surface area contributed by atoms with E-state index >= 15 is 0 Å². The van der Waals surface area contributed by atoms with Crippen LogP contribution in [0.25, 0.3) is 0 Å². The first-order valence-corrected chi connectivity index (χ1v) is 0. The van der Waals surface area contributed by atoms with Crippen LogP contribution in [0, 0.1) is 0 Å². The zero-order chi connectivity index (χ0) is 0. The second-order valence-corrected chi connectivity index (χ2v) is 0. The van der Waals surface area contributed by atoms with Crippen molar-refractivity contribution in [2.24, 2.45) is 0 Å². The third-order valence-electron chi connectivity index (χ3n) is 0. The molecule has 0 amide bonds. The fourth-order valence-electron chi connectivity index (χ4n) is 0. The molecule has 6 heteroatoms. The topological polar surface area (TPSA) is 0 Å². The fourth-order valence-corrected chi connectivity index (χ4v) is 0. The van der Waals surface area contributed by atoms with Crippen molar-refractivity contribution in [3.63, 3.8) is 0 Å². The van der Waals surface area contributed by atoms with Gasteiger partial charge in [0, 0.05) is 17.1 Å². The van der Waals surface area contributed by atoms with Crippen LogP contribution < -0.4 is 0 Å². The molecule has 48 valence electrons. The van der Waals surface area contributed by atoms with Crippen molar-refractivity contribution in [2.75, 3.05) is 0 Å². The van der Waals surface area contributed by atoms with Gasteiger partial charge < -0.3 is 0 Å². The van der Waals surface area contributed by atoms with E-state index < -0.39 is 0 Å². The summed E-state index contributed by atoms with van der Waals surface area (Å²) in [6.07, 6.45) is 0. The van der Waals surface area contributed by atoms with Gasteiger partial charge in [-0.1, -0.05) is 0 Å². The molecule has 0 atom stereocenters. The molecule has 0 aromatic carbocycles. The van der Waals surface area contributed by atoms with Crippen LogP contribution in [0.2, 0.25) is 0 Å². The van der Waals surface area contributed by atoms with Crippen molar-refractivity contribution in [3.8, 4) is 0 Å². The molecule has 0 aromatic heterocycles. The summed E-state index contributed by atoms with van der Waals surface area (Å²) in [6.45, 7) is 0. The molecule has 0 saturated carbocycles. The maximum absolute atomic E-state index is 0. The van der Waals surface area contributed by atoms with Crippen molar-refractivity contribution in [1.29, 1.82) is 0 Å². The van der Waals surface area contributed by atoms with E-state index in [1.807, 2.05) is 0 Å². The molecule has 0 rings (SSSR count). The van der Waals surface area contributed by atoms with E-state index in [-0.39, 0.29) is 92.9 Å². The molecule has 0 aliphatic rings.